The number of halogens is 3. The molecule has 0 bridgehead atoms. The number of rotatable bonds is 2. The van der Waals surface area contributed by atoms with Crippen molar-refractivity contribution < 1.29 is 13.2 Å². The van der Waals surface area contributed by atoms with Gasteiger partial charge in [0, 0.05) is 11.8 Å². The molecule has 5 heteroatoms. The second-order valence-electron chi connectivity index (χ2n) is 3.88. The zero-order chi connectivity index (χ0) is 13.9. The smallest absolute Gasteiger partial charge is 0.251 e. The van der Waals surface area contributed by atoms with Gasteiger partial charge in [-0.15, -0.1) is 0 Å². The fraction of sp³-hybridized carbons (Fsp3) is 0.143. The zero-order valence-corrected chi connectivity index (χ0v) is 9.78. The van der Waals surface area contributed by atoms with E-state index >= 15 is 0 Å². The highest BCUT2D eigenvalue weighted by Crippen LogP contribution is 2.35. The maximum Gasteiger partial charge on any atom is 0.433 e. The average Bonchev–Trinajstić information content (AvgIpc) is 2.39. The second-order valence-corrected chi connectivity index (χ2v) is 3.88. The number of hydrogen-bond acceptors (Lipinski definition) is 2. The minimum atomic E-state index is -4.56. The number of nitriles is 1. The molecule has 0 spiro atoms. The molecular formula is C14H9F3N2. The van der Waals surface area contributed by atoms with Gasteiger partial charge in [-0.3, -0.25) is 4.98 Å². The highest BCUT2D eigenvalue weighted by Gasteiger charge is 2.36. The number of nitrogens with zero attached hydrogens (tertiary/aromatic N) is 2. The molecule has 1 aromatic carbocycles. The maximum atomic E-state index is 12.9. The second kappa shape index (κ2) is 5.11. The quantitative estimate of drug-likeness (QED) is 0.824. The fourth-order valence-electron chi connectivity index (χ4n) is 1.88. The predicted molar refractivity (Wildman–Crippen MR) is 64.0 cm³/mol. The summed E-state index contributed by atoms with van der Waals surface area (Å²) in [6.45, 7) is 0. The van der Waals surface area contributed by atoms with E-state index in [0.29, 0.717) is 11.1 Å². The van der Waals surface area contributed by atoms with E-state index in [1.165, 1.54) is 6.07 Å². The normalized spacial score (nSPS) is 11.1. The molecule has 0 saturated carbocycles. The van der Waals surface area contributed by atoms with Gasteiger partial charge in [-0.25, -0.2) is 0 Å². The Morgan fingerprint density at radius 1 is 1.11 bits per heavy atom. The van der Waals surface area contributed by atoms with E-state index in [4.69, 9.17) is 5.26 Å². The summed E-state index contributed by atoms with van der Waals surface area (Å²) >= 11 is 0. The molecule has 19 heavy (non-hydrogen) atoms. The Morgan fingerprint density at radius 3 is 2.37 bits per heavy atom. The van der Waals surface area contributed by atoms with Crippen molar-refractivity contribution in [3.05, 3.63) is 53.9 Å². The Labute approximate surface area is 108 Å². The van der Waals surface area contributed by atoms with Crippen LogP contribution in [0.4, 0.5) is 13.2 Å². The molecule has 0 N–H and O–H groups in total. The van der Waals surface area contributed by atoms with Crippen LogP contribution in [0.2, 0.25) is 0 Å². The van der Waals surface area contributed by atoms with Crippen LogP contribution in [0.3, 0.4) is 0 Å². The first-order valence-corrected chi connectivity index (χ1v) is 5.51. The van der Waals surface area contributed by atoms with Gasteiger partial charge in [-0.1, -0.05) is 30.3 Å². The van der Waals surface area contributed by atoms with Gasteiger partial charge >= 0.3 is 6.18 Å². The lowest BCUT2D eigenvalue weighted by Gasteiger charge is -2.14. The van der Waals surface area contributed by atoms with Gasteiger partial charge in [0.1, 0.15) is 5.69 Å². The largest absolute Gasteiger partial charge is 0.433 e. The van der Waals surface area contributed by atoms with E-state index in [9.17, 15) is 13.2 Å². The predicted octanol–water partition coefficient (Wildman–Crippen LogP) is 3.83. The van der Waals surface area contributed by atoms with E-state index in [2.05, 4.69) is 4.98 Å². The SMILES string of the molecule is N#CCc1c(-c2ccccc2)ccnc1C(F)(F)F. The van der Waals surface area contributed by atoms with Crippen LogP contribution >= 0.6 is 0 Å². The van der Waals surface area contributed by atoms with Crippen LogP contribution in [0, 0.1) is 11.3 Å². The number of benzene rings is 1. The lowest BCUT2D eigenvalue weighted by atomic mass is 9.97. The van der Waals surface area contributed by atoms with Crippen LogP contribution < -0.4 is 0 Å². The lowest BCUT2D eigenvalue weighted by molar-refractivity contribution is -0.141. The molecule has 1 heterocycles. The van der Waals surface area contributed by atoms with Crippen molar-refractivity contribution in [1.29, 1.82) is 5.26 Å². The van der Waals surface area contributed by atoms with E-state index in [1.807, 2.05) is 0 Å². The van der Waals surface area contributed by atoms with E-state index < -0.39 is 11.9 Å². The van der Waals surface area contributed by atoms with Crippen molar-refractivity contribution in [1.82, 2.24) is 4.98 Å². The Kier molecular flexibility index (Phi) is 3.52. The third-order valence-electron chi connectivity index (χ3n) is 2.66. The van der Waals surface area contributed by atoms with Crippen molar-refractivity contribution in [2.24, 2.45) is 0 Å². The van der Waals surface area contributed by atoms with Gasteiger partial charge in [-0.2, -0.15) is 18.4 Å². The summed E-state index contributed by atoms with van der Waals surface area (Å²) in [7, 11) is 0. The minimum absolute atomic E-state index is 0.0799. The van der Waals surface area contributed by atoms with Gasteiger partial charge in [0.15, 0.2) is 0 Å². The molecule has 1 aromatic heterocycles. The minimum Gasteiger partial charge on any atom is -0.251 e. The van der Waals surface area contributed by atoms with Gasteiger partial charge in [0.2, 0.25) is 0 Å². The Bertz CT molecular complexity index is 613. The van der Waals surface area contributed by atoms with Gasteiger partial charge in [0.05, 0.1) is 12.5 Å². The molecule has 0 aliphatic carbocycles. The summed E-state index contributed by atoms with van der Waals surface area (Å²) in [6.07, 6.45) is -3.77. The van der Waals surface area contributed by atoms with Crippen LogP contribution in [-0.2, 0) is 12.6 Å². The molecule has 2 rings (SSSR count). The first-order valence-electron chi connectivity index (χ1n) is 5.51. The van der Waals surface area contributed by atoms with Crippen LogP contribution in [0.15, 0.2) is 42.6 Å². The number of alkyl halides is 3. The Morgan fingerprint density at radius 2 is 1.79 bits per heavy atom. The molecule has 96 valence electrons. The van der Waals surface area contributed by atoms with Gasteiger partial charge in [-0.05, 0) is 17.2 Å². The van der Waals surface area contributed by atoms with Gasteiger partial charge in [0.25, 0.3) is 0 Å². The molecule has 0 aliphatic rings. The molecule has 0 atom stereocenters. The van der Waals surface area contributed by atoms with Crippen LogP contribution in [-0.4, -0.2) is 4.98 Å². The summed E-state index contributed by atoms with van der Waals surface area (Å²) in [5.41, 5.74) is -0.0378. The Hall–Kier alpha value is -2.35. The molecule has 2 aromatic rings. The summed E-state index contributed by atoms with van der Waals surface area (Å²) in [5.74, 6) is 0. The first kappa shape index (κ1) is 13.1. The monoisotopic (exact) mass is 262 g/mol. The molecule has 0 amide bonds. The number of aromatic nitrogens is 1. The lowest BCUT2D eigenvalue weighted by Crippen LogP contribution is -2.12. The van der Waals surface area contributed by atoms with E-state index in [1.54, 1.807) is 36.4 Å². The highest BCUT2D eigenvalue weighted by molar-refractivity contribution is 5.68. The number of hydrogen-bond donors (Lipinski definition) is 0. The third kappa shape index (κ3) is 2.74. The number of pyridine rings is 1. The van der Waals surface area contributed by atoms with Crippen molar-refractivity contribution in [2.45, 2.75) is 12.6 Å². The molecule has 0 fully saturated rings. The van der Waals surface area contributed by atoms with E-state index in [0.717, 1.165) is 6.20 Å². The summed E-state index contributed by atoms with van der Waals surface area (Å²) in [6, 6.07) is 11.9. The topological polar surface area (TPSA) is 36.7 Å². The molecule has 0 aliphatic heterocycles. The van der Waals surface area contributed by atoms with Crippen LogP contribution in [0.25, 0.3) is 11.1 Å². The third-order valence-corrected chi connectivity index (χ3v) is 2.66. The Balaban J connectivity index is 2.66. The molecular weight excluding hydrogens is 253 g/mol. The summed E-state index contributed by atoms with van der Waals surface area (Å²) in [5, 5.41) is 8.74. The molecule has 0 radical (unpaired) electrons. The zero-order valence-electron chi connectivity index (χ0n) is 9.78. The molecule has 0 unspecified atom stereocenters. The fourth-order valence-corrected chi connectivity index (χ4v) is 1.88. The van der Waals surface area contributed by atoms with Gasteiger partial charge < -0.3 is 0 Å². The summed E-state index contributed by atoms with van der Waals surface area (Å²) in [4.78, 5) is 3.38. The standard InChI is InChI=1S/C14H9F3N2/c15-14(16,17)13-12(6-8-18)11(7-9-19-13)10-4-2-1-3-5-10/h1-5,7,9H,6H2. The van der Waals surface area contributed by atoms with Crippen LogP contribution in [0.5, 0.6) is 0 Å². The van der Waals surface area contributed by atoms with E-state index in [-0.39, 0.29) is 12.0 Å². The average molecular weight is 262 g/mol. The van der Waals surface area contributed by atoms with Crippen molar-refractivity contribution >= 4 is 0 Å². The van der Waals surface area contributed by atoms with Crippen molar-refractivity contribution in [2.75, 3.05) is 0 Å². The molecule has 2 nitrogen and oxygen atoms in total. The van der Waals surface area contributed by atoms with Crippen LogP contribution in [0.1, 0.15) is 11.3 Å². The highest BCUT2D eigenvalue weighted by atomic mass is 19.4. The molecule has 0 saturated heterocycles. The van der Waals surface area contributed by atoms with Crippen molar-refractivity contribution in [3.8, 4) is 17.2 Å². The van der Waals surface area contributed by atoms with Crippen molar-refractivity contribution in [3.63, 3.8) is 0 Å². The summed E-state index contributed by atoms with van der Waals surface area (Å²) < 4.78 is 38.7. The first-order chi connectivity index (χ1) is 9.04. The maximum absolute atomic E-state index is 12.9.